The molecule has 0 aliphatic heterocycles. The lowest BCUT2D eigenvalue weighted by molar-refractivity contribution is 0.309. The Balaban J connectivity index is 1.92. The quantitative estimate of drug-likeness (QED) is 0.771. The molecule has 1 aromatic carbocycles. The molecule has 17 heavy (non-hydrogen) atoms. The van der Waals surface area contributed by atoms with Crippen LogP contribution in [0, 0.1) is 0 Å². The van der Waals surface area contributed by atoms with Gasteiger partial charge in [-0.3, -0.25) is 0 Å². The summed E-state index contributed by atoms with van der Waals surface area (Å²) in [5.41, 5.74) is 1.04. The maximum atomic E-state index is 5.59. The molecule has 0 bridgehead atoms. The molecule has 0 amide bonds. The van der Waals surface area contributed by atoms with Gasteiger partial charge in [-0.2, -0.15) is 5.10 Å². The van der Waals surface area contributed by atoms with Crippen molar-refractivity contribution in [1.82, 2.24) is 15.1 Å². The Hall–Kier alpha value is -1.81. The first-order valence-electron chi connectivity index (χ1n) is 5.77. The van der Waals surface area contributed by atoms with E-state index in [4.69, 9.17) is 4.74 Å². The van der Waals surface area contributed by atoms with Crippen molar-refractivity contribution in [2.24, 2.45) is 0 Å². The molecular formula is C13H17N3O. The molecule has 0 aliphatic rings. The van der Waals surface area contributed by atoms with Gasteiger partial charge >= 0.3 is 0 Å². The minimum atomic E-state index is 0.710. The van der Waals surface area contributed by atoms with Crippen LogP contribution >= 0.6 is 0 Å². The van der Waals surface area contributed by atoms with E-state index in [2.05, 4.69) is 10.4 Å². The van der Waals surface area contributed by atoms with Crippen molar-refractivity contribution in [2.45, 2.75) is 6.42 Å². The summed E-state index contributed by atoms with van der Waals surface area (Å²) < 4.78 is 7.40. The first-order valence-corrected chi connectivity index (χ1v) is 5.77. The third-order valence-corrected chi connectivity index (χ3v) is 2.42. The van der Waals surface area contributed by atoms with Gasteiger partial charge < -0.3 is 10.1 Å². The van der Waals surface area contributed by atoms with Gasteiger partial charge in [0.15, 0.2) is 5.75 Å². The van der Waals surface area contributed by atoms with E-state index in [9.17, 15) is 0 Å². The minimum Gasteiger partial charge on any atom is -0.490 e. The van der Waals surface area contributed by atoms with Gasteiger partial charge in [0.25, 0.3) is 0 Å². The van der Waals surface area contributed by atoms with Gasteiger partial charge in [0.1, 0.15) is 0 Å². The SMILES string of the molecule is CNCCCOc1cnn(-c2ccccc2)c1. The lowest BCUT2D eigenvalue weighted by Crippen LogP contribution is -2.11. The Morgan fingerprint density at radius 2 is 2.12 bits per heavy atom. The van der Waals surface area contributed by atoms with E-state index in [0.717, 1.165) is 24.4 Å². The summed E-state index contributed by atoms with van der Waals surface area (Å²) in [6.45, 7) is 1.67. The molecule has 2 aromatic rings. The average molecular weight is 231 g/mol. The zero-order chi connectivity index (χ0) is 11.9. The van der Waals surface area contributed by atoms with Crippen LogP contribution in [0.15, 0.2) is 42.7 Å². The third-order valence-electron chi connectivity index (χ3n) is 2.42. The van der Waals surface area contributed by atoms with Crippen molar-refractivity contribution in [2.75, 3.05) is 20.2 Å². The van der Waals surface area contributed by atoms with Crippen molar-refractivity contribution >= 4 is 0 Å². The summed E-state index contributed by atoms with van der Waals surface area (Å²) in [5.74, 6) is 0.810. The Morgan fingerprint density at radius 3 is 2.88 bits per heavy atom. The number of para-hydroxylation sites is 1. The molecule has 4 heteroatoms. The molecule has 1 heterocycles. The number of nitrogens with zero attached hydrogens (tertiary/aromatic N) is 2. The summed E-state index contributed by atoms with van der Waals surface area (Å²) >= 11 is 0. The molecule has 4 nitrogen and oxygen atoms in total. The maximum Gasteiger partial charge on any atom is 0.157 e. The summed E-state index contributed by atoms with van der Waals surface area (Å²) in [6, 6.07) is 9.99. The van der Waals surface area contributed by atoms with Gasteiger partial charge in [-0.05, 0) is 32.1 Å². The highest BCUT2D eigenvalue weighted by molar-refractivity contribution is 5.32. The van der Waals surface area contributed by atoms with Crippen LogP contribution in [0.5, 0.6) is 5.75 Å². The van der Waals surface area contributed by atoms with E-state index in [0.29, 0.717) is 6.61 Å². The molecule has 0 saturated heterocycles. The van der Waals surface area contributed by atoms with Crippen molar-refractivity contribution in [3.8, 4) is 11.4 Å². The number of rotatable bonds is 6. The van der Waals surface area contributed by atoms with Gasteiger partial charge in [-0.1, -0.05) is 18.2 Å². The monoisotopic (exact) mass is 231 g/mol. The third kappa shape index (κ3) is 3.32. The fourth-order valence-corrected chi connectivity index (χ4v) is 1.54. The Bertz CT molecular complexity index is 439. The molecule has 0 saturated carbocycles. The van der Waals surface area contributed by atoms with Gasteiger partial charge in [-0.25, -0.2) is 4.68 Å². The molecule has 1 aromatic heterocycles. The number of aromatic nitrogens is 2. The Morgan fingerprint density at radius 1 is 1.29 bits per heavy atom. The topological polar surface area (TPSA) is 39.1 Å². The number of nitrogens with one attached hydrogen (secondary N) is 1. The van der Waals surface area contributed by atoms with Crippen LogP contribution in [0.1, 0.15) is 6.42 Å². The van der Waals surface area contributed by atoms with Crippen LogP contribution in [0.2, 0.25) is 0 Å². The van der Waals surface area contributed by atoms with Crippen molar-refractivity contribution in [1.29, 1.82) is 0 Å². The van der Waals surface area contributed by atoms with Crippen molar-refractivity contribution in [3.63, 3.8) is 0 Å². The van der Waals surface area contributed by atoms with Crippen LogP contribution in [-0.2, 0) is 0 Å². The molecule has 0 fully saturated rings. The average Bonchev–Trinajstić information content (AvgIpc) is 2.85. The molecule has 2 rings (SSSR count). The molecular weight excluding hydrogens is 214 g/mol. The van der Waals surface area contributed by atoms with E-state index >= 15 is 0 Å². The molecule has 0 aliphatic carbocycles. The lowest BCUT2D eigenvalue weighted by Gasteiger charge is -2.02. The van der Waals surface area contributed by atoms with E-state index < -0.39 is 0 Å². The number of hydrogen-bond acceptors (Lipinski definition) is 3. The van der Waals surface area contributed by atoms with E-state index in [1.807, 2.05) is 48.3 Å². The smallest absolute Gasteiger partial charge is 0.157 e. The first-order chi connectivity index (χ1) is 8.40. The molecule has 0 unspecified atom stereocenters. The zero-order valence-electron chi connectivity index (χ0n) is 9.97. The van der Waals surface area contributed by atoms with Crippen LogP contribution in [-0.4, -0.2) is 30.0 Å². The highest BCUT2D eigenvalue weighted by Gasteiger charge is 2.00. The van der Waals surface area contributed by atoms with Crippen LogP contribution < -0.4 is 10.1 Å². The van der Waals surface area contributed by atoms with Crippen LogP contribution in [0.4, 0.5) is 0 Å². The predicted octanol–water partition coefficient (Wildman–Crippen LogP) is 1.86. The van der Waals surface area contributed by atoms with Crippen molar-refractivity contribution in [3.05, 3.63) is 42.7 Å². The number of hydrogen-bond donors (Lipinski definition) is 1. The summed E-state index contributed by atoms with van der Waals surface area (Å²) in [5, 5.41) is 7.35. The second-order valence-electron chi connectivity index (χ2n) is 3.76. The lowest BCUT2D eigenvalue weighted by atomic mass is 10.3. The molecule has 0 atom stereocenters. The van der Waals surface area contributed by atoms with Gasteiger partial charge in [-0.15, -0.1) is 0 Å². The summed E-state index contributed by atoms with van der Waals surface area (Å²) in [7, 11) is 1.94. The highest BCUT2D eigenvalue weighted by atomic mass is 16.5. The van der Waals surface area contributed by atoms with Gasteiger partial charge in [0.2, 0.25) is 0 Å². The molecule has 0 spiro atoms. The zero-order valence-corrected chi connectivity index (χ0v) is 9.97. The molecule has 0 radical (unpaired) electrons. The highest BCUT2D eigenvalue weighted by Crippen LogP contribution is 2.13. The van der Waals surface area contributed by atoms with E-state index in [1.165, 1.54) is 0 Å². The fourth-order valence-electron chi connectivity index (χ4n) is 1.54. The second kappa shape index (κ2) is 6.06. The minimum absolute atomic E-state index is 0.710. The Kier molecular flexibility index (Phi) is 4.16. The Labute approximate surface area is 101 Å². The predicted molar refractivity (Wildman–Crippen MR) is 67.6 cm³/mol. The maximum absolute atomic E-state index is 5.59. The molecule has 90 valence electrons. The van der Waals surface area contributed by atoms with E-state index in [-0.39, 0.29) is 0 Å². The fraction of sp³-hybridized carbons (Fsp3) is 0.308. The van der Waals surface area contributed by atoms with Crippen LogP contribution in [0.3, 0.4) is 0 Å². The number of benzene rings is 1. The molecule has 1 N–H and O–H groups in total. The normalized spacial score (nSPS) is 10.4. The van der Waals surface area contributed by atoms with E-state index in [1.54, 1.807) is 6.20 Å². The van der Waals surface area contributed by atoms with Crippen LogP contribution in [0.25, 0.3) is 5.69 Å². The largest absolute Gasteiger partial charge is 0.490 e. The standard InChI is InChI=1S/C13H17N3O/c1-14-8-5-9-17-13-10-15-16(11-13)12-6-3-2-4-7-12/h2-4,6-7,10-11,14H,5,8-9H2,1H3. The van der Waals surface area contributed by atoms with Crippen molar-refractivity contribution < 1.29 is 4.74 Å². The van der Waals surface area contributed by atoms with Gasteiger partial charge in [0.05, 0.1) is 24.7 Å². The summed E-state index contributed by atoms with van der Waals surface area (Å²) in [4.78, 5) is 0. The number of ether oxygens (including phenoxy) is 1. The van der Waals surface area contributed by atoms with Gasteiger partial charge in [0, 0.05) is 0 Å². The second-order valence-corrected chi connectivity index (χ2v) is 3.76. The first kappa shape index (κ1) is 11.7. The summed E-state index contributed by atoms with van der Waals surface area (Å²) in [6.07, 6.45) is 4.63.